The molecule has 0 saturated carbocycles. The fourth-order valence-electron chi connectivity index (χ4n) is 1.58. The highest BCUT2D eigenvalue weighted by Gasteiger charge is 2.31. The van der Waals surface area contributed by atoms with E-state index >= 15 is 0 Å². The molecule has 0 aliphatic heterocycles. The van der Waals surface area contributed by atoms with E-state index in [1.807, 2.05) is 40.7 Å². The van der Waals surface area contributed by atoms with Gasteiger partial charge < -0.3 is 4.55 Å². The minimum Gasteiger partial charge on any atom is -0.598 e. The molecule has 1 rings (SSSR count). The quantitative estimate of drug-likeness (QED) is 0.850. The average molecular weight is 271 g/mol. The lowest BCUT2D eigenvalue weighted by atomic mass is 9.97. The second-order valence-corrected chi connectivity index (χ2v) is 7.77. The molecule has 0 spiro atoms. The third-order valence-electron chi connectivity index (χ3n) is 2.66. The van der Waals surface area contributed by atoms with Crippen molar-refractivity contribution in [1.29, 1.82) is 0 Å². The first-order valence-corrected chi connectivity index (χ1v) is 7.30. The van der Waals surface area contributed by atoms with E-state index in [-0.39, 0.29) is 22.5 Å². The number of halogens is 1. The zero-order chi connectivity index (χ0) is 13.9. The maximum atomic E-state index is 13.3. The van der Waals surface area contributed by atoms with E-state index in [9.17, 15) is 8.94 Å². The van der Waals surface area contributed by atoms with Crippen molar-refractivity contribution in [2.24, 2.45) is 5.92 Å². The summed E-state index contributed by atoms with van der Waals surface area (Å²) in [5.74, 6) is -0.0282. The van der Waals surface area contributed by atoms with Crippen LogP contribution in [0, 0.1) is 11.7 Å². The predicted molar refractivity (Wildman–Crippen MR) is 75.0 cm³/mol. The summed E-state index contributed by atoms with van der Waals surface area (Å²) < 4.78 is 28.2. The molecule has 1 aromatic carbocycles. The maximum Gasteiger partial charge on any atom is 0.136 e. The molecule has 18 heavy (non-hydrogen) atoms. The summed E-state index contributed by atoms with van der Waals surface area (Å²) in [6.07, 6.45) is 0. The molecule has 0 aliphatic carbocycles. The van der Waals surface area contributed by atoms with Crippen molar-refractivity contribution in [1.82, 2.24) is 4.72 Å². The van der Waals surface area contributed by atoms with Gasteiger partial charge in [-0.15, -0.1) is 4.72 Å². The zero-order valence-corrected chi connectivity index (χ0v) is 12.5. The maximum absolute atomic E-state index is 13.3. The number of nitrogens with one attached hydrogen (secondary N) is 1. The topological polar surface area (TPSA) is 35.1 Å². The fraction of sp³-hybridized carbons (Fsp3) is 0.571. The third kappa shape index (κ3) is 4.26. The first kappa shape index (κ1) is 15.5. The molecule has 0 heterocycles. The molecule has 0 aliphatic rings. The van der Waals surface area contributed by atoms with Crippen molar-refractivity contribution < 1.29 is 8.94 Å². The number of hydrogen-bond donors (Lipinski definition) is 1. The average Bonchev–Trinajstić information content (AvgIpc) is 2.23. The Hall–Kier alpha value is -0.580. The van der Waals surface area contributed by atoms with Crippen LogP contribution in [0.15, 0.2) is 24.3 Å². The smallest absolute Gasteiger partial charge is 0.136 e. The second-order valence-electron chi connectivity index (χ2n) is 5.78. The van der Waals surface area contributed by atoms with Gasteiger partial charge >= 0.3 is 0 Å². The summed E-state index contributed by atoms with van der Waals surface area (Å²) in [6.45, 7) is 9.81. The van der Waals surface area contributed by atoms with Gasteiger partial charge in [0.05, 0.1) is 6.04 Å². The van der Waals surface area contributed by atoms with Crippen LogP contribution in [0.1, 0.15) is 46.2 Å². The van der Waals surface area contributed by atoms with Gasteiger partial charge in [-0.3, -0.25) is 0 Å². The highest BCUT2D eigenvalue weighted by Crippen LogP contribution is 2.26. The van der Waals surface area contributed by atoms with Gasteiger partial charge in [0.25, 0.3) is 0 Å². The van der Waals surface area contributed by atoms with Crippen molar-refractivity contribution in [3.8, 4) is 0 Å². The third-order valence-corrected chi connectivity index (χ3v) is 4.25. The molecule has 0 unspecified atom stereocenters. The lowest BCUT2D eigenvalue weighted by molar-refractivity contribution is 0.450. The van der Waals surface area contributed by atoms with Crippen LogP contribution in [0.5, 0.6) is 0 Å². The van der Waals surface area contributed by atoms with Gasteiger partial charge in [-0.25, -0.2) is 4.39 Å². The van der Waals surface area contributed by atoms with Crippen LogP contribution >= 0.6 is 0 Å². The first-order valence-electron chi connectivity index (χ1n) is 6.15. The first-order chi connectivity index (χ1) is 8.21. The Balaban J connectivity index is 2.91. The lowest BCUT2D eigenvalue weighted by Gasteiger charge is -2.30. The molecule has 1 aromatic rings. The predicted octanol–water partition coefficient (Wildman–Crippen LogP) is 3.57. The summed E-state index contributed by atoms with van der Waals surface area (Å²) in [7, 11) is 0. The van der Waals surface area contributed by atoms with Crippen LogP contribution < -0.4 is 4.72 Å². The summed E-state index contributed by atoms with van der Waals surface area (Å²) in [5.41, 5.74) is 0.836. The van der Waals surface area contributed by atoms with Gasteiger partial charge in [-0.2, -0.15) is 0 Å². The molecule has 1 N–H and O–H groups in total. The Morgan fingerprint density at radius 2 is 1.89 bits per heavy atom. The summed E-state index contributed by atoms with van der Waals surface area (Å²) in [4.78, 5) is 0. The van der Waals surface area contributed by atoms with E-state index in [4.69, 9.17) is 0 Å². The second kappa shape index (κ2) is 6.04. The summed E-state index contributed by atoms with van der Waals surface area (Å²) >= 11 is -1.17. The van der Waals surface area contributed by atoms with Gasteiger partial charge in [0.1, 0.15) is 10.6 Å². The van der Waals surface area contributed by atoms with Gasteiger partial charge in [0.2, 0.25) is 0 Å². The Labute approximate surface area is 112 Å². The van der Waals surface area contributed by atoms with Crippen molar-refractivity contribution in [2.45, 2.75) is 45.4 Å². The zero-order valence-electron chi connectivity index (χ0n) is 11.7. The Bertz CT molecular complexity index is 390. The van der Waals surface area contributed by atoms with E-state index in [0.717, 1.165) is 5.56 Å². The SMILES string of the molecule is CC(C)[C@H](N[S@+]([O-])C(C)(C)C)c1cccc(F)c1. The van der Waals surface area contributed by atoms with Crippen LogP contribution in [0.3, 0.4) is 0 Å². The molecule has 2 atom stereocenters. The molecule has 2 nitrogen and oxygen atoms in total. The van der Waals surface area contributed by atoms with E-state index in [2.05, 4.69) is 4.72 Å². The van der Waals surface area contributed by atoms with Crippen LogP contribution in [-0.2, 0) is 11.4 Å². The summed E-state index contributed by atoms with van der Waals surface area (Å²) in [5, 5.41) is 0. The van der Waals surface area contributed by atoms with Crippen molar-refractivity contribution in [2.75, 3.05) is 0 Å². The lowest BCUT2D eigenvalue weighted by Crippen LogP contribution is -2.42. The molecule has 0 amide bonds. The molecule has 102 valence electrons. The Morgan fingerprint density at radius 1 is 1.28 bits per heavy atom. The molecular weight excluding hydrogens is 249 g/mol. The molecule has 0 bridgehead atoms. The normalized spacial score (nSPS) is 15.8. The molecule has 0 saturated heterocycles. The van der Waals surface area contributed by atoms with Crippen molar-refractivity contribution in [3.05, 3.63) is 35.6 Å². The summed E-state index contributed by atoms with van der Waals surface area (Å²) in [6, 6.07) is 6.35. The standard InChI is InChI=1S/C14H22FNOS/c1-10(2)13(16-18(17)14(3,4)5)11-7-6-8-12(15)9-11/h6-10,13,16H,1-5H3/t13-,18+/m0/s1. The van der Waals surface area contributed by atoms with E-state index in [1.165, 1.54) is 12.1 Å². The van der Waals surface area contributed by atoms with Gasteiger partial charge in [-0.05, 0) is 44.4 Å². The molecule has 0 fully saturated rings. The van der Waals surface area contributed by atoms with Gasteiger partial charge in [0.15, 0.2) is 0 Å². The Morgan fingerprint density at radius 3 is 2.33 bits per heavy atom. The van der Waals surface area contributed by atoms with Crippen molar-refractivity contribution >= 4 is 11.4 Å². The van der Waals surface area contributed by atoms with Gasteiger partial charge in [-0.1, -0.05) is 26.0 Å². The van der Waals surface area contributed by atoms with Crippen LogP contribution in [0.25, 0.3) is 0 Å². The molecule has 0 radical (unpaired) electrons. The number of benzene rings is 1. The minimum absolute atomic E-state index is 0.110. The van der Waals surface area contributed by atoms with Crippen LogP contribution in [0.4, 0.5) is 4.39 Å². The monoisotopic (exact) mass is 271 g/mol. The molecule has 0 aromatic heterocycles. The van der Waals surface area contributed by atoms with E-state index in [0.29, 0.717) is 0 Å². The fourth-order valence-corrected chi connectivity index (χ4v) is 2.57. The largest absolute Gasteiger partial charge is 0.598 e. The van der Waals surface area contributed by atoms with Gasteiger partial charge in [0, 0.05) is 11.4 Å². The minimum atomic E-state index is -1.17. The van der Waals surface area contributed by atoms with Crippen molar-refractivity contribution in [3.63, 3.8) is 0 Å². The van der Waals surface area contributed by atoms with E-state index < -0.39 is 11.4 Å². The Kier molecular flexibility index (Phi) is 5.20. The highest BCUT2D eigenvalue weighted by molar-refractivity contribution is 7.90. The molecular formula is C14H22FNOS. The van der Waals surface area contributed by atoms with E-state index in [1.54, 1.807) is 6.07 Å². The van der Waals surface area contributed by atoms with Crippen LogP contribution in [0.2, 0.25) is 0 Å². The highest BCUT2D eigenvalue weighted by atomic mass is 32.2. The molecule has 4 heteroatoms. The number of rotatable bonds is 4. The number of hydrogen-bond acceptors (Lipinski definition) is 2. The van der Waals surface area contributed by atoms with Crippen LogP contribution in [-0.4, -0.2) is 9.30 Å².